The Morgan fingerprint density at radius 1 is 1.62 bits per heavy atom. The summed E-state index contributed by atoms with van der Waals surface area (Å²) in [7, 11) is 1.60. The summed E-state index contributed by atoms with van der Waals surface area (Å²) in [4.78, 5) is 13.8. The van der Waals surface area contributed by atoms with Crippen LogP contribution < -0.4 is 11.3 Å². The molecule has 0 aromatic rings. The fourth-order valence-corrected chi connectivity index (χ4v) is 2.24. The first kappa shape index (κ1) is 13.4. The van der Waals surface area contributed by atoms with E-state index in [0.717, 1.165) is 19.5 Å². The highest BCUT2D eigenvalue weighted by atomic mass is 16.5. The zero-order valence-corrected chi connectivity index (χ0v) is 10.4. The molecule has 5 heteroatoms. The molecule has 16 heavy (non-hydrogen) atoms. The summed E-state index contributed by atoms with van der Waals surface area (Å²) < 4.78 is 5.08. The first-order valence-electron chi connectivity index (χ1n) is 5.83. The molecule has 2 atom stereocenters. The van der Waals surface area contributed by atoms with E-state index in [4.69, 9.17) is 10.6 Å². The maximum Gasteiger partial charge on any atom is 0.253 e. The SMILES string of the molecule is COCC(C(=O)NN)N1CCC(C(C)C)C1. The van der Waals surface area contributed by atoms with Gasteiger partial charge in [-0.25, -0.2) is 5.84 Å². The van der Waals surface area contributed by atoms with Crippen molar-refractivity contribution in [2.45, 2.75) is 26.3 Å². The third-order valence-electron chi connectivity index (χ3n) is 3.41. The van der Waals surface area contributed by atoms with Crippen LogP contribution in [0.2, 0.25) is 0 Å². The average molecular weight is 229 g/mol. The lowest BCUT2D eigenvalue weighted by Crippen LogP contribution is -2.50. The molecule has 0 bridgehead atoms. The van der Waals surface area contributed by atoms with E-state index in [1.165, 1.54) is 0 Å². The van der Waals surface area contributed by atoms with Gasteiger partial charge in [-0.1, -0.05) is 13.8 Å². The Hall–Kier alpha value is -0.650. The van der Waals surface area contributed by atoms with Gasteiger partial charge >= 0.3 is 0 Å². The molecular formula is C11H23N3O2. The highest BCUT2D eigenvalue weighted by molar-refractivity contribution is 5.81. The van der Waals surface area contributed by atoms with E-state index in [0.29, 0.717) is 18.4 Å². The lowest BCUT2D eigenvalue weighted by molar-refractivity contribution is -0.128. The molecule has 3 N–H and O–H groups in total. The number of nitrogens with two attached hydrogens (primary N) is 1. The topological polar surface area (TPSA) is 67.6 Å². The second-order valence-corrected chi connectivity index (χ2v) is 4.77. The molecule has 1 saturated heterocycles. The van der Waals surface area contributed by atoms with Crippen LogP contribution in [0, 0.1) is 11.8 Å². The third kappa shape index (κ3) is 3.17. The summed E-state index contributed by atoms with van der Waals surface area (Å²) in [5.74, 6) is 6.36. The predicted octanol–water partition coefficient (Wildman–Crippen LogP) is -0.0308. The van der Waals surface area contributed by atoms with Crippen LogP contribution >= 0.6 is 0 Å². The lowest BCUT2D eigenvalue weighted by atomic mass is 9.95. The van der Waals surface area contributed by atoms with Gasteiger partial charge in [-0.15, -0.1) is 0 Å². The lowest BCUT2D eigenvalue weighted by Gasteiger charge is -2.26. The van der Waals surface area contributed by atoms with Crippen molar-refractivity contribution >= 4 is 5.91 Å². The molecule has 0 radical (unpaired) electrons. The van der Waals surface area contributed by atoms with E-state index in [9.17, 15) is 4.79 Å². The van der Waals surface area contributed by atoms with Crippen molar-refractivity contribution in [1.82, 2.24) is 10.3 Å². The normalized spacial score (nSPS) is 23.7. The van der Waals surface area contributed by atoms with E-state index in [-0.39, 0.29) is 11.9 Å². The predicted molar refractivity (Wildman–Crippen MR) is 62.5 cm³/mol. The maximum absolute atomic E-state index is 11.6. The number of hydrogen-bond donors (Lipinski definition) is 2. The van der Waals surface area contributed by atoms with Gasteiger partial charge in [-0.2, -0.15) is 0 Å². The Balaban J connectivity index is 2.56. The second kappa shape index (κ2) is 6.18. The van der Waals surface area contributed by atoms with Crippen molar-refractivity contribution in [3.63, 3.8) is 0 Å². The van der Waals surface area contributed by atoms with E-state index >= 15 is 0 Å². The van der Waals surface area contributed by atoms with Crippen LogP contribution in [0.4, 0.5) is 0 Å². The third-order valence-corrected chi connectivity index (χ3v) is 3.41. The fraction of sp³-hybridized carbons (Fsp3) is 0.909. The summed E-state index contributed by atoms with van der Waals surface area (Å²) in [5.41, 5.74) is 2.21. The molecule has 0 aliphatic carbocycles. The van der Waals surface area contributed by atoms with Crippen molar-refractivity contribution < 1.29 is 9.53 Å². The Bertz CT molecular complexity index is 233. The second-order valence-electron chi connectivity index (χ2n) is 4.77. The fourth-order valence-electron chi connectivity index (χ4n) is 2.24. The van der Waals surface area contributed by atoms with Crippen molar-refractivity contribution in [3.05, 3.63) is 0 Å². The first-order valence-corrected chi connectivity index (χ1v) is 5.83. The number of methoxy groups -OCH3 is 1. The number of rotatable bonds is 5. The van der Waals surface area contributed by atoms with Gasteiger partial charge in [0, 0.05) is 13.7 Å². The van der Waals surface area contributed by atoms with E-state index in [2.05, 4.69) is 24.2 Å². The first-order chi connectivity index (χ1) is 7.60. The van der Waals surface area contributed by atoms with E-state index in [1.807, 2.05) is 0 Å². The summed E-state index contributed by atoms with van der Waals surface area (Å²) in [5, 5.41) is 0. The van der Waals surface area contributed by atoms with Crippen LogP contribution in [0.15, 0.2) is 0 Å². The van der Waals surface area contributed by atoms with Gasteiger partial charge < -0.3 is 4.74 Å². The number of hydrazine groups is 1. The van der Waals surface area contributed by atoms with Crippen LogP contribution in [0.5, 0.6) is 0 Å². The van der Waals surface area contributed by atoms with Gasteiger partial charge in [-0.05, 0) is 24.8 Å². The monoisotopic (exact) mass is 229 g/mol. The largest absolute Gasteiger partial charge is 0.383 e. The molecule has 0 saturated carbocycles. The van der Waals surface area contributed by atoms with Crippen molar-refractivity contribution in [2.75, 3.05) is 26.8 Å². The van der Waals surface area contributed by atoms with E-state index in [1.54, 1.807) is 7.11 Å². The van der Waals surface area contributed by atoms with E-state index < -0.39 is 0 Å². The van der Waals surface area contributed by atoms with Crippen LogP contribution in [0.25, 0.3) is 0 Å². The Labute approximate surface area is 97.3 Å². The molecule has 1 aliphatic rings. The summed E-state index contributed by atoms with van der Waals surface area (Å²) in [6.45, 7) is 6.75. The van der Waals surface area contributed by atoms with Gasteiger partial charge in [0.1, 0.15) is 6.04 Å². The average Bonchev–Trinajstić information content (AvgIpc) is 2.74. The van der Waals surface area contributed by atoms with Crippen LogP contribution in [0.3, 0.4) is 0 Å². The molecule has 5 nitrogen and oxygen atoms in total. The molecule has 0 aromatic heterocycles. The number of nitrogens with zero attached hydrogens (tertiary/aromatic N) is 1. The molecule has 0 aromatic carbocycles. The molecule has 2 unspecified atom stereocenters. The Kier molecular flexibility index (Phi) is 5.18. The zero-order valence-electron chi connectivity index (χ0n) is 10.4. The Morgan fingerprint density at radius 3 is 2.75 bits per heavy atom. The highest BCUT2D eigenvalue weighted by Gasteiger charge is 2.33. The highest BCUT2D eigenvalue weighted by Crippen LogP contribution is 2.25. The molecule has 1 rings (SSSR count). The minimum absolute atomic E-state index is 0.161. The summed E-state index contributed by atoms with van der Waals surface area (Å²) in [6, 6.07) is -0.251. The number of likely N-dealkylation sites (tertiary alicyclic amines) is 1. The number of carbonyl (C=O) groups is 1. The van der Waals surface area contributed by atoms with Gasteiger partial charge in [0.25, 0.3) is 5.91 Å². The van der Waals surface area contributed by atoms with Gasteiger partial charge in [0.05, 0.1) is 6.61 Å². The molecule has 94 valence electrons. The quantitative estimate of drug-likeness (QED) is 0.395. The minimum atomic E-state index is -0.251. The molecular weight excluding hydrogens is 206 g/mol. The molecule has 0 spiro atoms. The maximum atomic E-state index is 11.6. The Morgan fingerprint density at radius 2 is 2.31 bits per heavy atom. The zero-order chi connectivity index (χ0) is 12.1. The van der Waals surface area contributed by atoms with Crippen molar-refractivity contribution in [2.24, 2.45) is 17.7 Å². The van der Waals surface area contributed by atoms with Crippen molar-refractivity contribution in [1.29, 1.82) is 0 Å². The smallest absolute Gasteiger partial charge is 0.253 e. The molecule has 1 amide bonds. The van der Waals surface area contributed by atoms with Gasteiger partial charge in [0.15, 0.2) is 0 Å². The summed E-state index contributed by atoms with van der Waals surface area (Å²) >= 11 is 0. The number of nitrogens with one attached hydrogen (secondary N) is 1. The number of carbonyl (C=O) groups excluding carboxylic acids is 1. The van der Waals surface area contributed by atoms with Gasteiger partial charge in [0.2, 0.25) is 0 Å². The summed E-state index contributed by atoms with van der Waals surface area (Å²) in [6.07, 6.45) is 1.15. The van der Waals surface area contributed by atoms with Crippen molar-refractivity contribution in [3.8, 4) is 0 Å². The number of hydrogen-bond acceptors (Lipinski definition) is 4. The minimum Gasteiger partial charge on any atom is -0.383 e. The number of amides is 1. The van der Waals surface area contributed by atoms with Crippen LogP contribution in [-0.4, -0.2) is 43.7 Å². The molecule has 1 aliphatic heterocycles. The van der Waals surface area contributed by atoms with Gasteiger partial charge in [-0.3, -0.25) is 15.1 Å². The molecule has 1 heterocycles. The van der Waals surface area contributed by atoms with Crippen LogP contribution in [0.1, 0.15) is 20.3 Å². The molecule has 1 fully saturated rings. The number of ether oxygens (including phenoxy) is 1. The standard InChI is InChI=1S/C11H23N3O2/c1-8(2)9-4-5-14(6-9)10(7-16-3)11(15)13-12/h8-10H,4-7,12H2,1-3H3,(H,13,15). The van der Waals surface area contributed by atoms with Crippen LogP contribution in [-0.2, 0) is 9.53 Å².